The summed E-state index contributed by atoms with van der Waals surface area (Å²) >= 11 is 0. The lowest BCUT2D eigenvalue weighted by molar-refractivity contribution is 0.171. The van der Waals surface area contributed by atoms with E-state index >= 15 is 0 Å². The third-order valence-electron chi connectivity index (χ3n) is 3.29. The van der Waals surface area contributed by atoms with E-state index in [2.05, 4.69) is 24.1 Å². The molecule has 4 nitrogen and oxygen atoms in total. The zero-order valence-corrected chi connectivity index (χ0v) is 11.7. The van der Waals surface area contributed by atoms with Crippen LogP contribution in [0.1, 0.15) is 13.8 Å². The van der Waals surface area contributed by atoms with Gasteiger partial charge in [0.2, 0.25) is 0 Å². The quantitative estimate of drug-likeness (QED) is 0.811. The number of pyridine rings is 1. The highest BCUT2D eigenvalue weighted by Crippen LogP contribution is 2.27. The maximum atomic E-state index is 5.96. The van der Waals surface area contributed by atoms with E-state index in [9.17, 15) is 0 Å². The molecule has 0 aliphatic heterocycles. The largest absolute Gasteiger partial charge is 0.397 e. The van der Waals surface area contributed by atoms with Crippen LogP contribution in [-0.4, -0.2) is 24.7 Å². The van der Waals surface area contributed by atoms with Crippen LogP contribution in [0.5, 0.6) is 0 Å². The molecule has 0 spiro atoms. The Bertz CT molecular complexity index is 554. The summed E-state index contributed by atoms with van der Waals surface area (Å²) in [5.74, 6) is 0.476. The Balaban J connectivity index is 2.37. The van der Waals surface area contributed by atoms with E-state index in [1.54, 1.807) is 13.3 Å². The average molecular weight is 259 g/mol. The Morgan fingerprint density at radius 3 is 2.79 bits per heavy atom. The molecule has 102 valence electrons. The van der Waals surface area contributed by atoms with Crippen molar-refractivity contribution in [1.82, 2.24) is 4.98 Å². The minimum absolute atomic E-state index is 0.261. The molecule has 0 bridgehead atoms. The van der Waals surface area contributed by atoms with Crippen LogP contribution in [0.4, 0.5) is 11.4 Å². The zero-order valence-electron chi connectivity index (χ0n) is 11.7. The van der Waals surface area contributed by atoms with Crippen molar-refractivity contribution in [2.75, 3.05) is 24.8 Å². The maximum absolute atomic E-state index is 5.96. The number of nitrogen functional groups attached to an aromatic ring is 1. The first-order valence-electron chi connectivity index (χ1n) is 6.52. The molecule has 0 radical (unpaired) electrons. The molecular weight excluding hydrogens is 238 g/mol. The van der Waals surface area contributed by atoms with E-state index in [4.69, 9.17) is 10.5 Å². The van der Waals surface area contributed by atoms with Crippen LogP contribution < -0.4 is 11.1 Å². The summed E-state index contributed by atoms with van der Waals surface area (Å²) in [6.07, 6.45) is 1.76. The van der Waals surface area contributed by atoms with Gasteiger partial charge in [-0.1, -0.05) is 13.8 Å². The van der Waals surface area contributed by atoms with Gasteiger partial charge in [-0.25, -0.2) is 0 Å². The minimum Gasteiger partial charge on any atom is -0.397 e. The van der Waals surface area contributed by atoms with Crippen LogP contribution in [0.15, 0.2) is 30.5 Å². The summed E-state index contributed by atoms with van der Waals surface area (Å²) in [4.78, 5) is 4.34. The number of nitrogens with one attached hydrogen (secondary N) is 1. The number of aromatic nitrogens is 1. The van der Waals surface area contributed by atoms with Crippen molar-refractivity contribution in [2.45, 2.75) is 19.9 Å². The predicted molar refractivity (Wildman–Crippen MR) is 80.3 cm³/mol. The fourth-order valence-corrected chi connectivity index (χ4v) is 2.10. The second-order valence-corrected chi connectivity index (χ2v) is 5.05. The van der Waals surface area contributed by atoms with Gasteiger partial charge in [0.05, 0.1) is 23.9 Å². The number of anilines is 2. The van der Waals surface area contributed by atoms with Crippen molar-refractivity contribution in [3.05, 3.63) is 30.5 Å². The van der Waals surface area contributed by atoms with Crippen molar-refractivity contribution < 1.29 is 4.74 Å². The molecular formula is C15H21N3O. The molecule has 0 saturated carbocycles. The molecule has 0 amide bonds. The number of nitrogens with two attached hydrogens (primary N) is 1. The molecule has 0 fully saturated rings. The SMILES string of the molecule is COCC(Nc1ccc(N)c2ncccc12)C(C)C. The molecule has 2 aromatic rings. The van der Waals surface area contributed by atoms with Gasteiger partial charge in [-0.15, -0.1) is 0 Å². The number of fused-ring (bicyclic) bond motifs is 1. The van der Waals surface area contributed by atoms with E-state index in [-0.39, 0.29) is 6.04 Å². The normalized spacial score (nSPS) is 12.8. The topological polar surface area (TPSA) is 60.2 Å². The summed E-state index contributed by atoms with van der Waals surface area (Å²) in [5, 5.41) is 4.57. The molecule has 1 aromatic heterocycles. The second kappa shape index (κ2) is 5.89. The number of benzene rings is 1. The first-order chi connectivity index (χ1) is 9.13. The van der Waals surface area contributed by atoms with E-state index in [1.165, 1.54) is 0 Å². The smallest absolute Gasteiger partial charge is 0.0951 e. The van der Waals surface area contributed by atoms with Gasteiger partial charge in [0.25, 0.3) is 0 Å². The van der Waals surface area contributed by atoms with Gasteiger partial charge in [0.1, 0.15) is 0 Å². The molecule has 0 saturated heterocycles. The first-order valence-corrected chi connectivity index (χ1v) is 6.52. The lowest BCUT2D eigenvalue weighted by Gasteiger charge is -2.23. The van der Waals surface area contributed by atoms with Gasteiger partial charge in [-0.3, -0.25) is 4.98 Å². The summed E-state index contributed by atoms with van der Waals surface area (Å²) in [5.41, 5.74) is 8.55. The molecule has 1 aromatic carbocycles. The van der Waals surface area contributed by atoms with Gasteiger partial charge in [-0.2, -0.15) is 0 Å². The molecule has 0 aliphatic carbocycles. The summed E-state index contributed by atoms with van der Waals surface area (Å²) in [6.45, 7) is 5.02. The van der Waals surface area contributed by atoms with Crippen LogP contribution >= 0.6 is 0 Å². The molecule has 1 heterocycles. The molecule has 19 heavy (non-hydrogen) atoms. The molecule has 1 atom stereocenters. The second-order valence-electron chi connectivity index (χ2n) is 5.05. The Kier molecular flexibility index (Phi) is 4.22. The van der Waals surface area contributed by atoms with Gasteiger partial charge in [-0.05, 0) is 30.2 Å². The number of nitrogens with zero attached hydrogens (tertiary/aromatic N) is 1. The standard InChI is InChI=1S/C15H21N3O/c1-10(2)14(9-19-3)18-13-7-6-12(16)15-11(13)5-4-8-17-15/h4-8,10,14,18H,9,16H2,1-3H3. The number of hydrogen-bond donors (Lipinski definition) is 2. The highest BCUT2D eigenvalue weighted by molar-refractivity contribution is 5.98. The zero-order chi connectivity index (χ0) is 13.8. The van der Waals surface area contributed by atoms with E-state index in [1.807, 2.05) is 24.3 Å². The van der Waals surface area contributed by atoms with Crippen LogP contribution in [0.3, 0.4) is 0 Å². The monoisotopic (exact) mass is 259 g/mol. The van der Waals surface area contributed by atoms with Crippen molar-refractivity contribution in [1.29, 1.82) is 0 Å². The number of rotatable bonds is 5. The molecule has 2 rings (SSSR count). The van der Waals surface area contributed by atoms with E-state index in [0.717, 1.165) is 16.6 Å². The molecule has 3 N–H and O–H groups in total. The average Bonchev–Trinajstić information content (AvgIpc) is 2.41. The summed E-state index contributed by atoms with van der Waals surface area (Å²) in [7, 11) is 1.72. The van der Waals surface area contributed by atoms with Crippen molar-refractivity contribution in [3.63, 3.8) is 0 Å². The highest BCUT2D eigenvalue weighted by Gasteiger charge is 2.14. The molecule has 1 unspecified atom stereocenters. The maximum Gasteiger partial charge on any atom is 0.0951 e. The molecule has 4 heteroatoms. The minimum atomic E-state index is 0.261. The third kappa shape index (κ3) is 2.96. The van der Waals surface area contributed by atoms with Crippen LogP contribution in [0, 0.1) is 5.92 Å². The summed E-state index contributed by atoms with van der Waals surface area (Å²) in [6, 6.07) is 8.11. The Labute approximate surface area is 114 Å². The Morgan fingerprint density at radius 2 is 2.11 bits per heavy atom. The lowest BCUT2D eigenvalue weighted by Crippen LogP contribution is -2.30. The fourth-order valence-electron chi connectivity index (χ4n) is 2.10. The first kappa shape index (κ1) is 13.6. The van der Waals surface area contributed by atoms with Crippen molar-refractivity contribution in [2.24, 2.45) is 5.92 Å². The predicted octanol–water partition coefficient (Wildman–Crippen LogP) is 2.90. The number of hydrogen-bond acceptors (Lipinski definition) is 4. The highest BCUT2D eigenvalue weighted by atomic mass is 16.5. The number of ether oxygens (including phenoxy) is 1. The van der Waals surface area contributed by atoms with Crippen LogP contribution in [0.25, 0.3) is 10.9 Å². The van der Waals surface area contributed by atoms with Crippen molar-refractivity contribution in [3.8, 4) is 0 Å². The van der Waals surface area contributed by atoms with E-state index in [0.29, 0.717) is 18.2 Å². The Morgan fingerprint density at radius 1 is 1.32 bits per heavy atom. The fraction of sp³-hybridized carbons (Fsp3) is 0.400. The van der Waals surface area contributed by atoms with Gasteiger partial charge < -0.3 is 15.8 Å². The third-order valence-corrected chi connectivity index (χ3v) is 3.29. The van der Waals surface area contributed by atoms with Gasteiger partial charge in [0.15, 0.2) is 0 Å². The Hall–Kier alpha value is -1.81. The summed E-state index contributed by atoms with van der Waals surface area (Å²) < 4.78 is 5.27. The molecule has 0 aliphatic rings. The van der Waals surface area contributed by atoms with Crippen LogP contribution in [-0.2, 0) is 4.74 Å². The van der Waals surface area contributed by atoms with Crippen LogP contribution in [0.2, 0.25) is 0 Å². The van der Waals surface area contributed by atoms with Gasteiger partial charge >= 0.3 is 0 Å². The van der Waals surface area contributed by atoms with E-state index < -0.39 is 0 Å². The van der Waals surface area contributed by atoms with Gasteiger partial charge in [0, 0.05) is 24.4 Å². The van der Waals surface area contributed by atoms with Crippen molar-refractivity contribution >= 4 is 22.3 Å². The lowest BCUT2D eigenvalue weighted by atomic mass is 10.0. The number of methoxy groups -OCH3 is 1.